The fourth-order valence-electron chi connectivity index (χ4n) is 7.97. The summed E-state index contributed by atoms with van der Waals surface area (Å²) in [6.45, 7) is 5.37. The molecule has 0 unspecified atom stereocenters. The van der Waals surface area contributed by atoms with E-state index in [1.165, 1.54) is 0 Å². The summed E-state index contributed by atoms with van der Waals surface area (Å²) >= 11 is 0. The summed E-state index contributed by atoms with van der Waals surface area (Å²) in [6.07, 6.45) is 18.9. The molecule has 4 aromatic rings. The molecule has 2 aliphatic heterocycles. The van der Waals surface area contributed by atoms with E-state index in [1.54, 1.807) is 10.7 Å². The van der Waals surface area contributed by atoms with Crippen LogP contribution in [0.15, 0.2) is 49.2 Å². The second-order valence-corrected chi connectivity index (χ2v) is 13.9. The molecule has 6 heterocycles. The Morgan fingerprint density at radius 2 is 1.81 bits per heavy atom. The predicted molar refractivity (Wildman–Crippen MR) is 183 cm³/mol. The van der Waals surface area contributed by atoms with Crippen LogP contribution in [0.1, 0.15) is 82.7 Å². The third-order valence-electron chi connectivity index (χ3n) is 11.2. The molecule has 48 heavy (non-hydrogen) atoms. The molecule has 1 aliphatic carbocycles. The van der Waals surface area contributed by atoms with Gasteiger partial charge >= 0.3 is 0 Å². The third-order valence-corrected chi connectivity index (χ3v) is 11.2. The molecule has 7 rings (SSSR count). The number of piperidine rings is 1. The standard InChI is InChI=1S/C37H46N8O3/c1-2-37(36(47)42-31-10-17-48-18-11-31)12-14-43(15-13-37)34-8-5-27(21-39-34)33-19-28(24-45-35(33)29(20-38)22-41-45)30-23-40-44(25-30)32-6-3-26(4-7-32)9-16-46/h5,8,19,21-26,31-32,46H,2-4,6-7,9-18H2,1H3,(H,42,47)/t26-,32-. The highest BCUT2D eigenvalue weighted by molar-refractivity contribution is 5.87. The van der Waals surface area contributed by atoms with Crippen LogP contribution in [0, 0.1) is 22.7 Å². The average molecular weight is 651 g/mol. The maximum Gasteiger partial charge on any atom is 0.226 e. The molecule has 3 aliphatic rings. The lowest BCUT2D eigenvalue weighted by molar-refractivity contribution is -0.134. The second kappa shape index (κ2) is 14.1. The number of carbonyl (C=O) groups is 1. The maximum absolute atomic E-state index is 13.4. The topological polar surface area (TPSA) is 134 Å². The summed E-state index contributed by atoms with van der Waals surface area (Å²) in [5.74, 6) is 1.69. The van der Waals surface area contributed by atoms with Crippen LogP contribution in [0.2, 0.25) is 0 Å². The Kier molecular flexibility index (Phi) is 9.46. The highest BCUT2D eigenvalue weighted by Gasteiger charge is 2.41. The molecular formula is C37H46N8O3. The summed E-state index contributed by atoms with van der Waals surface area (Å²) < 4.78 is 9.35. The molecule has 0 bridgehead atoms. The predicted octanol–water partition coefficient (Wildman–Crippen LogP) is 5.54. The first-order valence-corrected chi connectivity index (χ1v) is 17.7. The molecule has 0 atom stereocenters. The Hall–Kier alpha value is -4.27. The van der Waals surface area contributed by atoms with Crippen LogP contribution >= 0.6 is 0 Å². The van der Waals surface area contributed by atoms with Crippen molar-refractivity contribution in [1.29, 1.82) is 5.26 Å². The van der Waals surface area contributed by atoms with E-state index in [0.717, 1.165) is 111 Å². The number of anilines is 1. The van der Waals surface area contributed by atoms with Gasteiger partial charge in [-0.25, -0.2) is 9.50 Å². The number of aliphatic hydroxyl groups is 1. The minimum absolute atomic E-state index is 0.189. The number of fused-ring (bicyclic) bond motifs is 1. The molecule has 2 saturated heterocycles. The van der Waals surface area contributed by atoms with Crippen LogP contribution in [0.5, 0.6) is 0 Å². The molecule has 1 amide bonds. The Bertz CT molecular complexity index is 1750. The molecule has 0 aromatic carbocycles. The van der Waals surface area contributed by atoms with Gasteiger partial charge in [-0.2, -0.15) is 15.5 Å². The minimum Gasteiger partial charge on any atom is -0.396 e. The monoisotopic (exact) mass is 650 g/mol. The van der Waals surface area contributed by atoms with Crippen molar-refractivity contribution in [2.45, 2.75) is 83.2 Å². The lowest BCUT2D eigenvalue weighted by Crippen LogP contribution is -2.52. The van der Waals surface area contributed by atoms with Crippen LogP contribution < -0.4 is 10.2 Å². The molecule has 4 aromatic heterocycles. The third kappa shape index (κ3) is 6.43. The molecule has 11 nitrogen and oxygen atoms in total. The number of nitrogens with zero attached hydrogens (tertiary/aromatic N) is 7. The number of hydrogen-bond acceptors (Lipinski definition) is 8. The zero-order valence-electron chi connectivity index (χ0n) is 27.9. The van der Waals surface area contributed by atoms with Crippen molar-refractivity contribution < 1.29 is 14.6 Å². The van der Waals surface area contributed by atoms with Crippen LogP contribution in [0.25, 0.3) is 27.8 Å². The average Bonchev–Trinajstić information content (AvgIpc) is 3.80. The molecular weight excluding hydrogens is 604 g/mol. The number of amides is 1. The smallest absolute Gasteiger partial charge is 0.226 e. The van der Waals surface area contributed by atoms with Gasteiger partial charge in [0.25, 0.3) is 0 Å². The number of carbonyl (C=O) groups excluding carboxylic acids is 1. The fraction of sp³-hybridized carbons (Fsp3) is 0.541. The largest absolute Gasteiger partial charge is 0.396 e. The lowest BCUT2D eigenvalue weighted by Gasteiger charge is -2.41. The Balaban J connectivity index is 1.08. The van der Waals surface area contributed by atoms with E-state index in [-0.39, 0.29) is 24.0 Å². The van der Waals surface area contributed by atoms with Gasteiger partial charge < -0.3 is 20.1 Å². The Morgan fingerprint density at radius 3 is 2.50 bits per heavy atom. The number of rotatable bonds is 9. The number of aromatic nitrogens is 5. The summed E-state index contributed by atoms with van der Waals surface area (Å²) in [4.78, 5) is 20.6. The quantitative estimate of drug-likeness (QED) is 0.241. The second-order valence-electron chi connectivity index (χ2n) is 13.9. The van der Waals surface area contributed by atoms with Gasteiger partial charge in [-0.05, 0) is 88.3 Å². The number of pyridine rings is 2. The van der Waals surface area contributed by atoms with Crippen LogP contribution in [0.4, 0.5) is 5.82 Å². The number of aliphatic hydroxyl groups excluding tert-OH is 1. The van der Waals surface area contributed by atoms with Crippen LogP contribution in [-0.4, -0.2) is 74.3 Å². The molecule has 0 spiro atoms. The first-order chi connectivity index (χ1) is 23.5. The van der Waals surface area contributed by atoms with Crippen molar-refractivity contribution in [3.05, 3.63) is 54.7 Å². The maximum atomic E-state index is 13.4. The summed E-state index contributed by atoms with van der Waals surface area (Å²) in [7, 11) is 0. The van der Waals surface area contributed by atoms with Gasteiger partial charge in [0.2, 0.25) is 5.91 Å². The zero-order valence-corrected chi connectivity index (χ0v) is 27.9. The zero-order chi connectivity index (χ0) is 33.1. The number of nitrogens with one attached hydrogen (secondary N) is 1. The van der Waals surface area contributed by atoms with E-state index in [0.29, 0.717) is 30.7 Å². The minimum atomic E-state index is -0.344. The van der Waals surface area contributed by atoms with E-state index in [9.17, 15) is 15.2 Å². The summed E-state index contributed by atoms with van der Waals surface area (Å²) in [5.41, 5.74) is 4.71. The van der Waals surface area contributed by atoms with E-state index in [2.05, 4.69) is 51.3 Å². The fourth-order valence-corrected chi connectivity index (χ4v) is 7.97. The van der Waals surface area contributed by atoms with Crippen LogP contribution in [-0.2, 0) is 9.53 Å². The van der Waals surface area contributed by atoms with E-state index >= 15 is 0 Å². The van der Waals surface area contributed by atoms with Crippen molar-refractivity contribution >= 4 is 17.2 Å². The number of nitriles is 1. The van der Waals surface area contributed by atoms with Crippen molar-refractivity contribution in [1.82, 2.24) is 29.7 Å². The molecule has 252 valence electrons. The van der Waals surface area contributed by atoms with Gasteiger partial charge in [-0.3, -0.25) is 9.48 Å². The normalized spacial score (nSPS) is 21.6. The van der Waals surface area contributed by atoms with Gasteiger partial charge in [0.15, 0.2) is 0 Å². The van der Waals surface area contributed by atoms with Crippen LogP contribution in [0.3, 0.4) is 0 Å². The Morgan fingerprint density at radius 1 is 1.02 bits per heavy atom. The molecule has 11 heteroatoms. The SMILES string of the molecule is CCC1(C(=O)NC2CCOCC2)CCN(c2ccc(-c3cc(-c4cnn([C@H]5CC[C@H](CCO)CC5)c4)cn4ncc(C#N)c34)cn2)CC1. The van der Waals surface area contributed by atoms with Gasteiger partial charge in [-0.1, -0.05) is 6.92 Å². The number of hydrogen-bond donors (Lipinski definition) is 2. The molecule has 2 N–H and O–H groups in total. The van der Waals surface area contributed by atoms with Gasteiger partial charge in [-0.15, -0.1) is 0 Å². The summed E-state index contributed by atoms with van der Waals surface area (Å²) in [5, 5.41) is 31.8. The first kappa shape index (κ1) is 32.3. The van der Waals surface area contributed by atoms with Gasteiger partial charge in [0, 0.05) is 79.8 Å². The molecule has 3 fully saturated rings. The van der Waals surface area contributed by atoms with Crippen molar-refractivity contribution in [3.8, 4) is 28.3 Å². The van der Waals surface area contributed by atoms with E-state index in [4.69, 9.17) is 14.8 Å². The van der Waals surface area contributed by atoms with Crippen molar-refractivity contribution in [3.63, 3.8) is 0 Å². The van der Waals surface area contributed by atoms with Crippen molar-refractivity contribution in [2.24, 2.45) is 11.3 Å². The van der Waals surface area contributed by atoms with Gasteiger partial charge in [0.05, 0.1) is 34.9 Å². The van der Waals surface area contributed by atoms with Crippen molar-refractivity contribution in [2.75, 3.05) is 37.8 Å². The Labute approximate surface area is 281 Å². The number of ether oxygens (including phenoxy) is 1. The highest BCUT2D eigenvalue weighted by Crippen LogP contribution is 2.38. The molecule has 0 radical (unpaired) electrons. The first-order valence-electron chi connectivity index (χ1n) is 17.7. The van der Waals surface area contributed by atoms with E-state index in [1.807, 2.05) is 24.7 Å². The van der Waals surface area contributed by atoms with Gasteiger partial charge in [0.1, 0.15) is 11.9 Å². The lowest BCUT2D eigenvalue weighted by atomic mass is 9.75. The highest BCUT2D eigenvalue weighted by atomic mass is 16.5. The van der Waals surface area contributed by atoms with E-state index < -0.39 is 0 Å². The molecule has 1 saturated carbocycles. The summed E-state index contributed by atoms with van der Waals surface area (Å²) in [6, 6.07) is 9.12.